The van der Waals surface area contributed by atoms with E-state index in [0.29, 0.717) is 49.0 Å². The molecule has 0 aromatic heterocycles. The van der Waals surface area contributed by atoms with E-state index in [4.69, 9.17) is 0 Å². The summed E-state index contributed by atoms with van der Waals surface area (Å²) in [5.74, 6) is 0. The third-order valence-corrected chi connectivity index (χ3v) is 12.5. The predicted molar refractivity (Wildman–Crippen MR) is 170 cm³/mol. The Morgan fingerprint density at radius 1 is 0.300 bits per heavy atom. The molecule has 2 heteroatoms. The van der Waals surface area contributed by atoms with Crippen LogP contribution in [0.3, 0.4) is 0 Å². The van der Waals surface area contributed by atoms with E-state index in [1.807, 2.05) is 0 Å². The number of benzene rings is 6. The van der Waals surface area contributed by atoms with E-state index in [1.165, 1.54) is 33.4 Å². The summed E-state index contributed by atoms with van der Waals surface area (Å²) in [6.45, 7) is 0. The van der Waals surface area contributed by atoms with E-state index < -0.39 is 0 Å². The standard InChI is InChI=1S/2C19H15.K.Na/c2*1-4-10-16(11-5-1)19(17-12-6-2-7-13-17)18-14-8-3-9-15-18;;/h2*1-15H;;. The van der Waals surface area contributed by atoms with Gasteiger partial charge in [-0.3, -0.25) is 0 Å². The van der Waals surface area contributed by atoms with Gasteiger partial charge < -0.3 is 0 Å². The van der Waals surface area contributed by atoms with Gasteiger partial charge in [-0.1, -0.05) is 0 Å². The van der Waals surface area contributed by atoms with Crippen molar-refractivity contribution in [2.75, 3.05) is 0 Å². The Bertz CT molecular complexity index is 1250. The van der Waals surface area contributed by atoms with E-state index in [-0.39, 0.29) is 2.17 Å². The van der Waals surface area contributed by atoms with Crippen molar-refractivity contribution < 1.29 is 0 Å². The molecule has 0 N–H and O–H groups in total. The van der Waals surface area contributed by atoms with Gasteiger partial charge in [0.25, 0.3) is 0 Å². The normalized spacial score (nSPS) is 11.3. The molecule has 0 fully saturated rings. The molecule has 0 atom stereocenters. The Labute approximate surface area is 290 Å². The molecule has 0 aliphatic rings. The molecule has 0 radical (unpaired) electrons. The molecule has 0 nitrogen and oxygen atoms in total. The van der Waals surface area contributed by atoms with Crippen LogP contribution >= 0.6 is 0 Å². The van der Waals surface area contributed by atoms with Crippen LogP contribution in [0, 0.1) is 0 Å². The summed E-state index contributed by atoms with van der Waals surface area (Å²) in [7, 11) is 0. The van der Waals surface area contributed by atoms with Gasteiger partial charge in [0.1, 0.15) is 0 Å². The molecule has 0 spiro atoms. The van der Waals surface area contributed by atoms with Crippen molar-refractivity contribution in [1.82, 2.24) is 0 Å². The summed E-state index contributed by atoms with van der Waals surface area (Å²) < 4.78 is 0.0839. The van der Waals surface area contributed by atoms with Crippen LogP contribution in [0.4, 0.5) is 0 Å². The van der Waals surface area contributed by atoms with Gasteiger partial charge in [-0.15, -0.1) is 0 Å². The van der Waals surface area contributed by atoms with Crippen molar-refractivity contribution in [3.05, 3.63) is 215 Å². The Hall–Kier alpha value is -2.04. The third-order valence-electron chi connectivity index (χ3n) is 8.11. The molecular formula is C38H30KNa. The molecule has 6 rings (SSSR count). The van der Waals surface area contributed by atoms with Crippen LogP contribution in [0.2, 0.25) is 0 Å². The quantitative estimate of drug-likeness (QED) is 0.145. The maximum atomic E-state index is 2.26. The van der Waals surface area contributed by atoms with Crippen molar-refractivity contribution in [1.29, 1.82) is 0 Å². The van der Waals surface area contributed by atoms with Crippen LogP contribution in [0.15, 0.2) is 182 Å². The van der Waals surface area contributed by atoms with Gasteiger partial charge in [0.05, 0.1) is 0 Å². The molecule has 0 heterocycles. The Morgan fingerprint density at radius 2 is 0.475 bits per heavy atom. The molecule has 6 aromatic rings. The summed E-state index contributed by atoms with van der Waals surface area (Å²) in [6, 6.07) is 65.2. The van der Waals surface area contributed by atoms with Crippen LogP contribution in [-0.2, 0) is 2.17 Å². The molecule has 0 saturated carbocycles. The average molecular weight is 549 g/mol. The molecule has 0 aliphatic heterocycles. The average Bonchev–Trinajstić information content (AvgIpc) is 3.07. The third kappa shape index (κ3) is 6.54. The topological polar surface area (TPSA) is 0 Å². The van der Waals surface area contributed by atoms with Crippen LogP contribution in [0.25, 0.3) is 0 Å². The zero-order chi connectivity index (χ0) is 27.7. The minimum absolute atomic E-state index is 0.0176. The fourth-order valence-electron chi connectivity index (χ4n) is 5.63. The van der Waals surface area contributed by atoms with E-state index >= 15 is 0 Å². The molecule has 0 unspecified atom stereocenters. The second-order valence-corrected chi connectivity index (χ2v) is 14.3. The molecule has 0 amide bonds. The van der Waals surface area contributed by atoms with Gasteiger partial charge in [0.15, 0.2) is 0 Å². The zero-order valence-electron chi connectivity index (χ0n) is 23.3. The van der Waals surface area contributed by atoms with Gasteiger partial charge >= 0.3 is 294 Å². The zero-order valence-corrected chi connectivity index (χ0v) is 28.4. The van der Waals surface area contributed by atoms with Gasteiger partial charge in [-0.2, -0.15) is 0 Å². The summed E-state index contributed by atoms with van der Waals surface area (Å²) in [6.07, 6.45) is 0. The van der Waals surface area contributed by atoms with E-state index in [0.717, 1.165) is 27.9 Å². The molecule has 6 aromatic carbocycles. The van der Waals surface area contributed by atoms with E-state index in [2.05, 4.69) is 182 Å². The summed E-state index contributed by atoms with van der Waals surface area (Å²) >= 11 is 1.62. The first-order chi connectivity index (χ1) is 19.6. The fourth-order valence-corrected chi connectivity index (χ4v) is 8.19. The first kappa shape index (κ1) is 29.4. The van der Waals surface area contributed by atoms with Crippen LogP contribution in [0.1, 0.15) is 33.4 Å². The fraction of sp³-hybridized carbons (Fsp3) is 0.0526. The minimum atomic E-state index is 0.0176. The van der Waals surface area contributed by atoms with E-state index in [9.17, 15) is 0 Å². The molecule has 0 bridgehead atoms. The van der Waals surface area contributed by atoms with Gasteiger partial charge in [-0.25, -0.2) is 0 Å². The second-order valence-electron chi connectivity index (χ2n) is 10.4. The second kappa shape index (κ2) is 14.2. The molecule has 0 saturated heterocycles. The van der Waals surface area contributed by atoms with Crippen molar-refractivity contribution in [2.24, 2.45) is 0 Å². The molecular weight excluding hydrogens is 519 g/mol. The summed E-state index contributed by atoms with van der Waals surface area (Å²) in [5.41, 5.74) is 8.34. The summed E-state index contributed by atoms with van der Waals surface area (Å²) in [5, 5.41) is 0. The predicted octanol–water partition coefficient (Wildman–Crippen LogP) is 8.29. The first-order valence-corrected chi connectivity index (χ1v) is 16.5. The number of rotatable bonds is 6. The monoisotopic (exact) mass is 548 g/mol. The number of hydrogen-bond acceptors (Lipinski definition) is 0. The van der Waals surface area contributed by atoms with Crippen molar-refractivity contribution in [3.8, 4) is 0 Å². The molecule has 40 heavy (non-hydrogen) atoms. The Balaban J connectivity index is 0.000000161. The van der Waals surface area contributed by atoms with Gasteiger partial charge in [0.2, 0.25) is 0 Å². The van der Waals surface area contributed by atoms with Crippen molar-refractivity contribution in [3.63, 3.8) is 0 Å². The summed E-state index contributed by atoms with van der Waals surface area (Å²) in [4.78, 5) is 0. The molecule has 184 valence electrons. The van der Waals surface area contributed by atoms with Gasteiger partial charge in [-0.05, 0) is 0 Å². The molecule has 0 aliphatic carbocycles. The van der Waals surface area contributed by atoms with Crippen LogP contribution < -0.4 is 0 Å². The SMILES string of the molecule is [K][C](c1ccccc1)(c1ccccc1)c1ccccc1.[Na][C](c1ccccc1)(c1ccccc1)c1ccccc1. The van der Waals surface area contributed by atoms with Crippen LogP contribution in [-0.4, -0.2) is 76.9 Å². The van der Waals surface area contributed by atoms with E-state index in [1.54, 1.807) is 0 Å². The Kier molecular flexibility index (Phi) is 10.5. The van der Waals surface area contributed by atoms with Crippen molar-refractivity contribution >= 4 is 76.9 Å². The van der Waals surface area contributed by atoms with Crippen LogP contribution in [0.5, 0.6) is 0 Å². The maximum absolute atomic E-state index is 2.26. The first-order valence-electron chi connectivity index (χ1n) is 14.0. The Morgan fingerprint density at radius 3 is 0.675 bits per heavy atom. The van der Waals surface area contributed by atoms with Crippen molar-refractivity contribution in [2.45, 2.75) is 2.17 Å². The number of hydrogen-bond donors (Lipinski definition) is 0. The van der Waals surface area contributed by atoms with Gasteiger partial charge in [0, 0.05) is 0 Å².